The largest absolute Gasteiger partial charge is 0.493 e. The Morgan fingerprint density at radius 3 is 2.69 bits per heavy atom. The summed E-state index contributed by atoms with van der Waals surface area (Å²) in [7, 11) is 0. The average Bonchev–Trinajstić information content (AvgIpc) is 2.61. The highest BCUT2D eigenvalue weighted by atomic mass is 35.5. The van der Waals surface area contributed by atoms with Gasteiger partial charge in [0.15, 0.2) is 0 Å². The minimum absolute atomic E-state index is 0.00437. The van der Waals surface area contributed by atoms with E-state index >= 15 is 0 Å². The molecule has 1 aliphatic heterocycles. The summed E-state index contributed by atoms with van der Waals surface area (Å²) in [5.41, 5.74) is 8.50. The van der Waals surface area contributed by atoms with Crippen molar-refractivity contribution in [3.8, 4) is 5.75 Å². The zero-order valence-electron chi connectivity index (χ0n) is 10.0. The maximum Gasteiger partial charge on any atom is 0.127 e. The molecule has 0 saturated heterocycles. The number of hydrogen-bond donors (Lipinski definition) is 1. The van der Waals surface area contributed by atoms with Crippen LogP contribution in [0.4, 0.5) is 0 Å². The van der Waals surface area contributed by atoms with E-state index in [9.17, 15) is 0 Å². The highest BCUT2D eigenvalue weighted by Crippen LogP contribution is 2.41. The van der Waals surface area contributed by atoms with Gasteiger partial charge in [-0.3, -0.25) is 0 Å². The normalized spacial score (nSPS) is 16.8. The van der Waals surface area contributed by atoms with Crippen molar-refractivity contribution < 1.29 is 4.74 Å². The molecular weight excluding hydrogens is 222 g/mol. The third-order valence-corrected chi connectivity index (χ3v) is 3.26. The zero-order chi connectivity index (χ0) is 11.9. The van der Waals surface area contributed by atoms with Crippen LogP contribution in [0, 0.1) is 5.41 Å². The Morgan fingerprint density at radius 2 is 2.06 bits per heavy atom. The first-order chi connectivity index (χ1) is 7.39. The Balaban J connectivity index is 2.49. The van der Waals surface area contributed by atoms with Gasteiger partial charge in [-0.15, -0.1) is 0 Å². The standard InChI is InChI=1S/C13H18ClNO/c1-13(2,3)12(15)10-7-9(14)6-8-4-5-16-11(8)10/h6-7,12H,4-5,15H2,1-3H3. The van der Waals surface area contributed by atoms with Gasteiger partial charge in [0.05, 0.1) is 6.61 Å². The molecule has 0 fully saturated rings. The Hall–Kier alpha value is -0.730. The quantitative estimate of drug-likeness (QED) is 0.816. The molecule has 1 atom stereocenters. The van der Waals surface area contributed by atoms with Crippen molar-refractivity contribution in [1.82, 2.24) is 0 Å². The van der Waals surface area contributed by atoms with Crippen LogP contribution in [0.3, 0.4) is 0 Å². The molecule has 0 aromatic heterocycles. The van der Waals surface area contributed by atoms with Gasteiger partial charge in [0.2, 0.25) is 0 Å². The lowest BCUT2D eigenvalue weighted by Gasteiger charge is -2.28. The third kappa shape index (κ3) is 2.04. The van der Waals surface area contributed by atoms with Crippen molar-refractivity contribution in [2.45, 2.75) is 33.2 Å². The average molecular weight is 240 g/mol. The van der Waals surface area contributed by atoms with E-state index in [1.807, 2.05) is 12.1 Å². The molecule has 0 aliphatic carbocycles. The monoisotopic (exact) mass is 239 g/mol. The summed E-state index contributed by atoms with van der Waals surface area (Å²) in [4.78, 5) is 0. The Bertz CT molecular complexity index is 409. The predicted octanol–water partition coefficient (Wildman–Crippen LogP) is 3.32. The molecule has 16 heavy (non-hydrogen) atoms. The van der Waals surface area contributed by atoms with Gasteiger partial charge in [0.1, 0.15) is 5.75 Å². The number of fused-ring (bicyclic) bond motifs is 1. The van der Waals surface area contributed by atoms with Crippen LogP contribution >= 0.6 is 11.6 Å². The smallest absolute Gasteiger partial charge is 0.127 e. The molecule has 2 N–H and O–H groups in total. The fourth-order valence-electron chi connectivity index (χ4n) is 2.00. The third-order valence-electron chi connectivity index (χ3n) is 3.05. The molecule has 0 amide bonds. The highest BCUT2D eigenvalue weighted by Gasteiger charge is 2.28. The molecule has 0 bridgehead atoms. The number of halogens is 1. The van der Waals surface area contributed by atoms with E-state index in [0.29, 0.717) is 0 Å². The summed E-state index contributed by atoms with van der Waals surface area (Å²) in [5.74, 6) is 0.951. The molecule has 1 unspecified atom stereocenters. The molecule has 1 aromatic rings. The van der Waals surface area contributed by atoms with E-state index in [1.165, 1.54) is 5.56 Å². The molecule has 1 aromatic carbocycles. The number of rotatable bonds is 1. The van der Waals surface area contributed by atoms with E-state index in [1.54, 1.807) is 0 Å². The molecule has 3 heteroatoms. The molecule has 1 aliphatic rings. The van der Waals surface area contributed by atoms with Gasteiger partial charge in [0, 0.05) is 23.0 Å². The van der Waals surface area contributed by atoms with Crippen LogP contribution in [0.1, 0.15) is 37.9 Å². The van der Waals surface area contributed by atoms with Crippen LogP contribution in [-0.4, -0.2) is 6.61 Å². The van der Waals surface area contributed by atoms with Crippen LogP contribution in [0.15, 0.2) is 12.1 Å². The first-order valence-electron chi connectivity index (χ1n) is 5.60. The number of ether oxygens (including phenoxy) is 1. The van der Waals surface area contributed by atoms with E-state index in [4.69, 9.17) is 22.1 Å². The van der Waals surface area contributed by atoms with Gasteiger partial charge in [-0.25, -0.2) is 0 Å². The predicted molar refractivity (Wildman–Crippen MR) is 67.0 cm³/mol. The van der Waals surface area contributed by atoms with Gasteiger partial charge >= 0.3 is 0 Å². The minimum Gasteiger partial charge on any atom is -0.493 e. The zero-order valence-corrected chi connectivity index (χ0v) is 10.8. The van der Waals surface area contributed by atoms with Gasteiger partial charge in [-0.1, -0.05) is 32.4 Å². The van der Waals surface area contributed by atoms with E-state index < -0.39 is 0 Å². The molecule has 0 spiro atoms. The highest BCUT2D eigenvalue weighted by molar-refractivity contribution is 6.30. The molecule has 1 heterocycles. The second-order valence-corrected chi connectivity index (χ2v) is 5.86. The summed E-state index contributed by atoms with van der Waals surface area (Å²) in [6.45, 7) is 7.11. The molecule has 2 nitrogen and oxygen atoms in total. The molecule has 88 valence electrons. The van der Waals surface area contributed by atoms with Crippen molar-refractivity contribution in [3.05, 3.63) is 28.3 Å². The number of hydrogen-bond acceptors (Lipinski definition) is 2. The lowest BCUT2D eigenvalue weighted by molar-refractivity contribution is 0.306. The van der Waals surface area contributed by atoms with Crippen LogP contribution in [0.25, 0.3) is 0 Å². The molecule has 0 saturated carbocycles. The van der Waals surface area contributed by atoms with Gasteiger partial charge in [-0.05, 0) is 23.1 Å². The number of nitrogens with two attached hydrogens (primary N) is 1. The van der Waals surface area contributed by atoms with Crippen LogP contribution in [0.5, 0.6) is 5.75 Å². The van der Waals surface area contributed by atoms with Crippen molar-refractivity contribution in [2.75, 3.05) is 6.61 Å². The summed E-state index contributed by atoms with van der Waals surface area (Å²) in [5, 5.41) is 0.749. The van der Waals surface area contributed by atoms with Crippen molar-refractivity contribution in [2.24, 2.45) is 11.1 Å². The summed E-state index contributed by atoms with van der Waals surface area (Å²) in [6.07, 6.45) is 0.930. The Labute approximate surface area is 102 Å². The fraction of sp³-hybridized carbons (Fsp3) is 0.538. The van der Waals surface area contributed by atoms with Crippen molar-refractivity contribution >= 4 is 11.6 Å². The van der Waals surface area contributed by atoms with Crippen LogP contribution in [0.2, 0.25) is 5.02 Å². The van der Waals surface area contributed by atoms with Gasteiger partial charge in [-0.2, -0.15) is 0 Å². The maximum atomic E-state index is 6.28. The summed E-state index contributed by atoms with van der Waals surface area (Å²) >= 11 is 6.11. The lowest BCUT2D eigenvalue weighted by atomic mass is 9.82. The number of benzene rings is 1. The second-order valence-electron chi connectivity index (χ2n) is 5.43. The Morgan fingerprint density at radius 1 is 1.38 bits per heavy atom. The lowest BCUT2D eigenvalue weighted by Crippen LogP contribution is -2.26. The van der Waals surface area contributed by atoms with E-state index in [2.05, 4.69) is 20.8 Å². The van der Waals surface area contributed by atoms with Gasteiger partial charge < -0.3 is 10.5 Å². The Kier molecular flexibility index (Phi) is 2.89. The first-order valence-corrected chi connectivity index (χ1v) is 5.98. The van der Waals surface area contributed by atoms with E-state index in [-0.39, 0.29) is 11.5 Å². The second kappa shape index (κ2) is 3.94. The minimum atomic E-state index is -0.0574. The maximum absolute atomic E-state index is 6.28. The topological polar surface area (TPSA) is 35.2 Å². The van der Waals surface area contributed by atoms with Crippen LogP contribution < -0.4 is 10.5 Å². The van der Waals surface area contributed by atoms with Crippen LogP contribution in [-0.2, 0) is 6.42 Å². The van der Waals surface area contributed by atoms with Gasteiger partial charge in [0.25, 0.3) is 0 Å². The molecule has 0 radical (unpaired) electrons. The molecule has 2 rings (SSSR count). The van der Waals surface area contributed by atoms with E-state index in [0.717, 1.165) is 29.4 Å². The van der Waals surface area contributed by atoms with Crippen molar-refractivity contribution in [1.29, 1.82) is 0 Å². The first kappa shape index (κ1) is 11.7. The summed E-state index contributed by atoms with van der Waals surface area (Å²) < 4.78 is 5.66. The van der Waals surface area contributed by atoms with Crippen molar-refractivity contribution in [3.63, 3.8) is 0 Å². The molecular formula is C13H18ClNO. The SMILES string of the molecule is CC(C)(C)C(N)c1cc(Cl)cc2c1OCC2. The fourth-order valence-corrected chi connectivity index (χ4v) is 2.24. The summed E-state index contributed by atoms with van der Waals surface area (Å²) in [6, 6.07) is 3.85.